The third kappa shape index (κ3) is 6.65. The van der Waals surface area contributed by atoms with Crippen LogP contribution in [0.3, 0.4) is 0 Å². The fraction of sp³-hybridized carbons (Fsp3) is 0.889. The van der Waals surface area contributed by atoms with Crippen LogP contribution in [0.1, 0.15) is 0 Å². The number of aliphatic hydroxyl groups excluding tert-OH is 2. The Kier molecular flexibility index (Phi) is 6.74. The molecule has 0 saturated heterocycles. The second kappa shape index (κ2) is 6.98. The van der Waals surface area contributed by atoms with Crippen molar-refractivity contribution >= 4 is 13.9 Å². The van der Waals surface area contributed by atoms with Gasteiger partial charge in [-0.15, -0.1) is 5.09 Å². The first-order valence-electron chi connectivity index (χ1n) is 5.19. The molecule has 0 heterocycles. The lowest BCUT2D eigenvalue weighted by Gasteiger charge is -2.27. The molecule has 0 saturated carbocycles. The van der Waals surface area contributed by atoms with Crippen LogP contribution in [0.25, 0.3) is 0 Å². The summed E-state index contributed by atoms with van der Waals surface area (Å²) >= 11 is 0. The molecule has 0 aliphatic rings. The maximum Gasteiger partial charge on any atom is 0.444 e. The average Bonchev–Trinajstić information content (AvgIpc) is 2.10. The van der Waals surface area contributed by atoms with E-state index in [0.29, 0.717) is 4.48 Å². The van der Waals surface area contributed by atoms with Gasteiger partial charge in [0.05, 0.1) is 40.3 Å². The largest absolute Gasteiger partial charge is 0.545 e. The van der Waals surface area contributed by atoms with Gasteiger partial charge in [0, 0.05) is 0 Å². The molecule has 3 atom stereocenters. The Hall–Kier alpha value is -0.590. The number of rotatable bonds is 8. The van der Waals surface area contributed by atoms with Crippen molar-refractivity contribution in [1.82, 2.24) is 5.09 Å². The Labute approximate surface area is 101 Å². The predicted octanol–water partition coefficient (Wildman–Crippen LogP) is -2.50. The van der Waals surface area contributed by atoms with Crippen LogP contribution in [0.2, 0.25) is 0 Å². The molecule has 0 aromatic rings. The first-order chi connectivity index (χ1) is 7.69. The summed E-state index contributed by atoms with van der Waals surface area (Å²) in [6.45, 7) is -0.108. The van der Waals surface area contributed by atoms with Crippen molar-refractivity contribution in [3.05, 3.63) is 0 Å². The number of hydrogen-bond donors (Lipinski definition) is 3. The summed E-state index contributed by atoms with van der Waals surface area (Å²) in [5.74, 6) is -1.56. The van der Waals surface area contributed by atoms with Gasteiger partial charge in [-0.05, 0) is 4.57 Å². The molecule has 3 unspecified atom stereocenters. The van der Waals surface area contributed by atoms with Gasteiger partial charge in [-0.25, -0.2) is 0 Å². The van der Waals surface area contributed by atoms with Gasteiger partial charge in [0.25, 0.3) is 0 Å². The summed E-state index contributed by atoms with van der Waals surface area (Å²) in [4.78, 5) is 10.9. The molecule has 0 aliphatic heterocycles. The van der Waals surface area contributed by atoms with Crippen LogP contribution in [-0.2, 0) is 9.36 Å². The van der Waals surface area contributed by atoms with E-state index in [4.69, 9.17) is 5.11 Å². The summed E-state index contributed by atoms with van der Waals surface area (Å²) < 4.78 is 12.0. The Morgan fingerprint density at radius 3 is 2.35 bits per heavy atom. The monoisotopic (exact) mass is 267 g/mol. The number of carboxylic acids is 1. The Balaban J connectivity index is 4.62. The Morgan fingerprint density at radius 2 is 2.00 bits per heavy atom. The van der Waals surface area contributed by atoms with Gasteiger partial charge in [0.1, 0.15) is 6.54 Å². The molecular formula is C9H20N2O5P+. The number of nitrogens with one attached hydrogen (secondary N) is 1. The van der Waals surface area contributed by atoms with Crippen molar-refractivity contribution in [1.29, 1.82) is 0 Å². The lowest BCUT2D eigenvalue weighted by atomic mass is 10.2. The number of aliphatic carboxylic acids is 1. The van der Waals surface area contributed by atoms with Crippen LogP contribution in [0.4, 0.5) is 0 Å². The molecule has 0 fully saturated rings. The van der Waals surface area contributed by atoms with Gasteiger partial charge in [-0.1, -0.05) is 0 Å². The minimum atomic E-state index is -2.36. The molecule has 0 rings (SSSR count). The Bertz CT molecular complexity index is 279. The van der Waals surface area contributed by atoms with Crippen molar-refractivity contribution in [2.75, 3.05) is 40.8 Å². The first-order valence-corrected chi connectivity index (χ1v) is 6.52. The number of carbonyl (C=O) groups excluding carboxylic acids is 1. The zero-order chi connectivity index (χ0) is 13.6. The number of likely N-dealkylation sites (N-methyl/N-ethyl adjacent to an activating group) is 1. The van der Waals surface area contributed by atoms with Gasteiger partial charge in [-0.2, -0.15) is 0 Å². The van der Waals surface area contributed by atoms with Crippen LogP contribution >= 0.6 is 7.95 Å². The van der Waals surface area contributed by atoms with Crippen molar-refractivity contribution in [3.63, 3.8) is 0 Å². The third-order valence-corrected chi connectivity index (χ3v) is 3.57. The second-order valence-corrected chi connectivity index (χ2v) is 6.29. The molecule has 0 radical (unpaired) electrons. The highest BCUT2D eigenvalue weighted by atomic mass is 31.1. The maximum atomic E-state index is 11.6. The smallest absolute Gasteiger partial charge is 0.444 e. The number of quaternary nitrogens is 1. The fourth-order valence-electron chi connectivity index (χ4n) is 1.33. The quantitative estimate of drug-likeness (QED) is 0.331. The standard InChI is InChI=1S/C9H19N2O5P/c1-11(2,3)6-7(13)8(9(14)15)17(16)10-4-5-12/h7-8,12-13H,4-6H2,1-3H3/p+1. The molecule has 0 amide bonds. The van der Waals surface area contributed by atoms with Gasteiger partial charge in [-0.3, -0.25) is 0 Å². The van der Waals surface area contributed by atoms with Crippen molar-refractivity contribution in [2.45, 2.75) is 11.8 Å². The average molecular weight is 267 g/mol. The molecule has 7 nitrogen and oxygen atoms in total. The molecule has 0 aromatic carbocycles. The van der Waals surface area contributed by atoms with Gasteiger partial charge in [0.2, 0.25) is 5.66 Å². The highest BCUT2D eigenvalue weighted by Crippen LogP contribution is 2.26. The summed E-state index contributed by atoms with van der Waals surface area (Å²) in [6, 6.07) is 0. The van der Waals surface area contributed by atoms with E-state index >= 15 is 0 Å². The lowest BCUT2D eigenvalue weighted by Crippen LogP contribution is -2.51. The summed E-state index contributed by atoms with van der Waals surface area (Å²) in [5.41, 5.74) is -1.48. The topological polar surface area (TPSA) is 110 Å². The molecule has 0 aliphatic carbocycles. The molecule has 0 bridgehead atoms. The lowest BCUT2D eigenvalue weighted by molar-refractivity contribution is -0.873. The molecule has 3 N–H and O–H groups in total. The van der Waals surface area contributed by atoms with Crippen LogP contribution < -0.4 is 10.2 Å². The number of aliphatic hydroxyl groups is 2. The molecule has 0 spiro atoms. The fourth-order valence-corrected chi connectivity index (χ4v) is 2.44. The molecule has 0 aromatic heterocycles. The second-order valence-electron chi connectivity index (χ2n) is 4.76. The van der Waals surface area contributed by atoms with E-state index in [-0.39, 0.29) is 19.7 Å². The van der Waals surface area contributed by atoms with E-state index in [1.165, 1.54) is 0 Å². The number of carbonyl (C=O) groups is 1. The molecule has 100 valence electrons. The van der Waals surface area contributed by atoms with Crippen LogP contribution in [0.5, 0.6) is 0 Å². The van der Waals surface area contributed by atoms with E-state index in [1.807, 2.05) is 0 Å². The van der Waals surface area contributed by atoms with Crippen molar-refractivity contribution < 1.29 is 29.2 Å². The van der Waals surface area contributed by atoms with E-state index in [1.54, 1.807) is 21.1 Å². The van der Waals surface area contributed by atoms with Crippen molar-refractivity contribution in [3.8, 4) is 0 Å². The van der Waals surface area contributed by atoms with E-state index < -0.39 is 25.7 Å². The third-order valence-electron chi connectivity index (χ3n) is 1.97. The summed E-state index contributed by atoms with van der Waals surface area (Å²) in [6.07, 6.45) is -1.27. The van der Waals surface area contributed by atoms with Crippen LogP contribution in [-0.4, -0.2) is 73.3 Å². The SMILES string of the molecule is C[N+](C)(C)CC(O)C(C(=O)[O-])[P+](=O)NCCO. The zero-order valence-electron chi connectivity index (χ0n) is 10.3. The highest BCUT2D eigenvalue weighted by Gasteiger charge is 2.41. The molecule has 8 heteroatoms. The zero-order valence-corrected chi connectivity index (χ0v) is 11.2. The predicted molar refractivity (Wildman–Crippen MR) is 60.4 cm³/mol. The van der Waals surface area contributed by atoms with Gasteiger partial charge >= 0.3 is 7.95 Å². The normalized spacial score (nSPS) is 16.4. The minimum Gasteiger partial charge on any atom is -0.545 e. The maximum absolute atomic E-state index is 11.6. The summed E-state index contributed by atoms with van der Waals surface area (Å²) in [7, 11) is 2.98. The molecular weight excluding hydrogens is 247 g/mol. The van der Waals surface area contributed by atoms with Crippen LogP contribution in [0, 0.1) is 0 Å². The van der Waals surface area contributed by atoms with Gasteiger partial charge in [0.15, 0.2) is 6.10 Å². The molecule has 17 heavy (non-hydrogen) atoms. The Morgan fingerprint density at radius 1 is 1.47 bits per heavy atom. The number of hydrogen-bond acceptors (Lipinski definition) is 5. The summed E-state index contributed by atoms with van der Waals surface area (Å²) in [5, 5.41) is 31.5. The first kappa shape index (κ1) is 16.4. The van der Waals surface area contributed by atoms with E-state index in [0.717, 1.165) is 0 Å². The minimum absolute atomic E-state index is 0.01000. The van der Waals surface area contributed by atoms with Gasteiger partial charge < -0.3 is 24.6 Å². The van der Waals surface area contributed by atoms with E-state index in [2.05, 4.69) is 5.09 Å². The van der Waals surface area contributed by atoms with Crippen LogP contribution in [0.15, 0.2) is 0 Å². The van der Waals surface area contributed by atoms with E-state index in [9.17, 15) is 19.6 Å². The highest BCUT2D eigenvalue weighted by molar-refractivity contribution is 7.44. The number of nitrogens with zero attached hydrogens (tertiary/aromatic N) is 1. The number of carboxylic acid groups (broad SMARTS) is 1. The van der Waals surface area contributed by atoms with Crippen molar-refractivity contribution in [2.24, 2.45) is 0 Å².